The number of amides is 2. The number of likely N-dealkylation sites (tertiary alicyclic amines) is 1. The monoisotopic (exact) mass is 539 g/mol. The van der Waals surface area contributed by atoms with Gasteiger partial charge in [0.2, 0.25) is 0 Å². The minimum absolute atomic E-state index is 0.0924. The van der Waals surface area contributed by atoms with Crippen LogP contribution in [0.25, 0.3) is 0 Å². The highest BCUT2D eigenvalue weighted by Gasteiger charge is 2.62. The highest BCUT2D eigenvalue weighted by molar-refractivity contribution is 5.80. The molecular formula is C31H45N3O5. The van der Waals surface area contributed by atoms with E-state index in [2.05, 4.69) is 17.6 Å². The van der Waals surface area contributed by atoms with E-state index in [0.717, 1.165) is 29.5 Å². The van der Waals surface area contributed by atoms with Gasteiger partial charge in [-0.2, -0.15) is 0 Å². The highest BCUT2D eigenvalue weighted by Crippen LogP contribution is 2.49. The molecule has 1 heterocycles. The summed E-state index contributed by atoms with van der Waals surface area (Å²) in [6.07, 6.45) is 0.796. The third kappa shape index (κ3) is 6.62. The molecule has 0 aliphatic carbocycles. The quantitative estimate of drug-likeness (QED) is 0.287. The van der Waals surface area contributed by atoms with E-state index in [-0.39, 0.29) is 23.9 Å². The summed E-state index contributed by atoms with van der Waals surface area (Å²) in [7, 11) is 1.50. The molecule has 8 heteroatoms. The summed E-state index contributed by atoms with van der Waals surface area (Å²) >= 11 is 0. The Bertz CT molecular complexity index is 1080. The number of nitrogens with zero attached hydrogens (tertiary/aromatic N) is 1. The number of ether oxygens (including phenoxy) is 2. The van der Waals surface area contributed by atoms with Crippen LogP contribution >= 0.6 is 0 Å². The van der Waals surface area contributed by atoms with Crippen LogP contribution in [0.2, 0.25) is 0 Å². The number of carbonyl (C=O) groups excluding carboxylic acids is 2. The standard InChI is InChI=1S/C31H45N3O5/c1-8-11-26(24-14-12-20(4)13-15-24)33-30(37)34-28(36)31(9-2,10-3)29(34)39-25-18-16-23(17-19-25)21(5)32-27(38-7)22(6)35/h12-19,21,26-29,32,36H,8-11H2,1-7H3,(H,33,37)/t21?,26-,27+,28?,29+/m1/s1. The lowest BCUT2D eigenvalue weighted by atomic mass is 9.70. The maximum absolute atomic E-state index is 13.5. The summed E-state index contributed by atoms with van der Waals surface area (Å²) in [6, 6.07) is 15.1. The molecule has 0 saturated carbocycles. The van der Waals surface area contributed by atoms with Crippen molar-refractivity contribution < 1.29 is 24.2 Å². The Morgan fingerprint density at radius 3 is 2.13 bits per heavy atom. The molecule has 39 heavy (non-hydrogen) atoms. The van der Waals surface area contributed by atoms with Gasteiger partial charge in [0.1, 0.15) is 12.0 Å². The van der Waals surface area contributed by atoms with Gasteiger partial charge in [-0.3, -0.25) is 15.0 Å². The summed E-state index contributed by atoms with van der Waals surface area (Å²) in [5.41, 5.74) is 2.60. The van der Waals surface area contributed by atoms with Gasteiger partial charge in [-0.1, -0.05) is 69.2 Å². The number of Topliss-reactive ketones (excluding diaryl/α,β-unsaturated/α-hetero) is 1. The third-order valence-electron chi connectivity index (χ3n) is 8.06. The summed E-state index contributed by atoms with van der Waals surface area (Å²) in [5, 5.41) is 17.5. The number of nitrogens with one attached hydrogen (secondary N) is 2. The zero-order valence-corrected chi connectivity index (χ0v) is 24.4. The van der Waals surface area contributed by atoms with E-state index in [0.29, 0.717) is 18.6 Å². The zero-order chi connectivity index (χ0) is 28.7. The molecule has 1 fully saturated rings. The third-order valence-corrected chi connectivity index (χ3v) is 8.06. The molecular weight excluding hydrogens is 494 g/mol. The molecule has 1 aliphatic heterocycles. The van der Waals surface area contributed by atoms with E-state index >= 15 is 0 Å². The van der Waals surface area contributed by atoms with Crippen LogP contribution in [0, 0.1) is 12.3 Å². The van der Waals surface area contributed by atoms with Crippen molar-refractivity contribution >= 4 is 11.8 Å². The molecule has 0 radical (unpaired) electrons. The number of methoxy groups -OCH3 is 1. The van der Waals surface area contributed by atoms with Gasteiger partial charge in [0, 0.05) is 13.2 Å². The first kappa shape index (κ1) is 30.6. The zero-order valence-electron chi connectivity index (χ0n) is 24.4. The van der Waals surface area contributed by atoms with Crippen molar-refractivity contribution in [2.24, 2.45) is 5.41 Å². The fourth-order valence-electron chi connectivity index (χ4n) is 5.36. The van der Waals surface area contributed by atoms with E-state index in [1.807, 2.05) is 76.2 Å². The molecule has 5 atom stereocenters. The van der Waals surface area contributed by atoms with E-state index in [1.165, 1.54) is 18.9 Å². The average molecular weight is 540 g/mol. The Morgan fingerprint density at radius 2 is 1.62 bits per heavy atom. The van der Waals surface area contributed by atoms with Gasteiger partial charge in [-0.25, -0.2) is 4.79 Å². The first-order valence-corrected chi connectivity index (χ1v) is 14.0. The predicted molar refractivity (Wildman–Crippen MR) is 152 cm³/mol. The summed E-state index contributed by atoms with van der Waals surface area (Å²) in [6.45, 7) is 11.6. The van der Waals surface area contributed by atoms with Crippen LogP contribution in [-0.2, 0) is 9.53 Å². The van der Waals surface area contributed by atoms with Gasteiger partial charge < -0.3 is 19.9 Å². The Morgan fingerprint density at radius 1 is 1.03 bits per heavy atom. The molecule has 0 aromatic heterocycles. The Kier molecular flexibility index (Phi) is 10.5. The second-order valence-electron chi connectivity index (χ2n) is 10.6. The molecule has 3 rings (SSSR count). The first-order valence-electron chi connectivity index (χ1n) is 14.0. The molecule has 1 saturated heterocycles. The number of hydrogen-bond donors (Lipinski definition) is 3. The van der Waals surface area contributed by atoms with Crippen molar-refractivity contribution in [3.8, 4) is 5.75 Å². The molecule has 1 aliphatic rings. The molecule has 2 aromatic carbocycles. The number of aliphatic hydroxyl groups excluding tert-OH is 1. The number of hydrogen-bond acceptors (Lipinski definition) is 6. The Balaban J connectivity index is 1.77. The molecule has 2 unspecified atom stereocenters. The van der Waals surface area contributed by atoms with Crippen LogP contribution in [-0.4, -0.2) is 47.6 Å². The van der Waals surface area contributed by atoms with Gasteiger partial charge >= 0.3 is 6.03 Å². The molecule has 2 amide bonds. The van der Waals surface area contributed by atoms with Gasteiger partial charge in [-0.05, 0) is 63.3 Å². The van der Waals surface area contributed by atoms with Crippen molar-refractivity contribution in [3.05, 3.63) is 65.2 Å². The lowest BCUT2D eigenvalue weighted by Crippen LogP contribution is -2.76. The smallest absolute Gasteiger partial charge is 0.322 e. The average Bonchev–Trinajstić information content (AvgIpc) is 2.92. The summed E-state index contributed by atoms with van der Waals surface area (Å²) in [4.78, 5) is 26.7. The minimum Gasteiger partial charge on any atom is -0.470 e. The van der Waals surface area contributed by atoms with E-state index in [9.17, 15) is 14.7 Å². The number of urea groups is 1. The Hall–Kier alpha value is -2.94. The predicted octanol–water partition coefficient (Wildman–Crippen LogP) is 5.60. The van der Waals surface area contributed by atoms with Gasteiger partial charge in [0.15, 0.2) is 18.2 Å². The van der Waals surface area contributed by atoms with Crippen molar-refractivity contribution in [2.45, 2.75) is 98.0 Å². The second-order valence-corrected chi connectivity index (χ2v) is 10.6. The lowest BCUT2D eigenvalue weighted by molar-refractivity contribution is -0.275. The summed E-state index contributed by atoms with van der Waals surface area (Å²) < 4.78 is 11.6. The maximum atomic E-state index is 13.5. The number of aryl methyl sites for hydroxylation is 1. The topological polar surface area (TPSA) is 100 Å². The van der Waals surface area contributed by atoms with Crippen LogP contribution in [0.5, 0.6) is 5.75 Å². The number of rotatable bonds is 13. The van der Waals surface area contributed by atoms with Crippen molar-refractivity contribution in [1.82, 2.24) is 15.5 Å². The van der Waals surface area contributed by atoms with Gasteiger partial charge in [0.05, 0.1) is 11.5 Å². The van der Waals surface area contributed by atoms with Gasteiger partial charge in [-0.15, -0.1) is 0 Å². The Labute approximate surface area is 233 Å². The van der Waals surface area contributed by atoms with Crippen LogP contribution in [0.1, 0.15) is 89.1 Å². The van der Waals surface area contributed by atoms with Gasteiger partial charge in [0.25, 0.3) is 0 Å². The van der Waals surface area contributed by atoms with Crippen molar-refractivity contribution in [1.29, 1.82) is 0 Å². The van der Waals surface area contributed by atoms with Crippen molar-refractivity contribution in [2.75, 3.05) is 7.11 Å². The fraction of sp³-hybridized carbons (Fsp3) is 0.548. The van der Waals surface area contributed by atoms with Crippen LogP contribution in [0.4, 0.5) is 4.79 Å². The van der Waals surface area contributed by atoms with Crippen molar-refractivity contribution in [3.63, 3.8) is 0 Å². The maximum Gasteiger partial charge on any atom is 0.322 e. The molecule has 8 nitrogen and oxygen atoms in total. The van der Waals surface area contributed by atoms with Crippen LogP contribution in [0.3, 0.4) is 0 Å². The van der Waals surface area contributed by atoms with Crippen LogP contribution in [0.15, 0.2) is 48.5 Å². The number of carbonyl (C=O) groups is 2. The molecule has 214 valence electrons. The SMILES string of the molecule is CCC[C@@H](NC(=O)N1C(O)C(CC)(CC)[C@@H]1Oc1ccc(C(C)N[C@@H](OC)C(C)=O)cc1)c1ccc(C)cc1. The fourth-order valence-corrected chi connectivity index (χ4v) is 5.36. The molecule has 3 N–H and O–H groups in total. The van der Waals surface area contributed by atoms with Crippen LogP contribution < -0.4 is 15.4 Å². The molecule has 0 spiro atoms. The molecule has 0 bridgehead atoms. The lowest BCUT2D eigenvalue weighted by Gasteiger charge is -2.59. The molecule has 2 aromatic rings. The number of ketones is 1. The first-order chi connectivity index (χ1) is 18.6. The number of aliphatic hydroxyl groups is 1. The van der Waals surface area contributed by atoms with E-state index in [4.69, 9.17) is 9.47 Å². The highest BCUT2D eigenvalue weighted by atomic mass is 16.5. The number of benzene rings is 2. The van der Waals surface area contributed by atoms with E-state index < -0.39 is 24.1 Å². The normalized spacial score (nSPS) is 20.5. The van der Waals surface area contributed by atoms with E-state index in [1.54, 1.807) is 0 Å². The summed E-state index contributed by atoms with van der Waals surface area (Å²) in [5.74, 6) is 0.510. The minimum atomic E-state index is -0.946. The largest absolute Gasteiger partial charge is 0.470 e. The second kappa shape index (κ2) is 13.4.